The van der Waals surface area contributed by atoms with E-state index in [-0.39, 0.29) is 19.6 Å². The zero-order valence-electron chi connectivity index (χ0n) is 10.8. The molecule has 104 valence electrons. The summed E-state index contributed by atoms with van der Waals surface area (Å²) in [6.45, 7) is 1.80. The summed E-state index contributed by atoms with van der Waals surface area (Å²) in [5.41, 5.74) is 11.2. The molecule has 0 aliphatic heterocycles. The van der Waals surface area contributed by atoms with Crippen LogP contribution in [0.15, 0.2) is 24.3 Å². The number of amides is 1. The highest BCUT2D eigenvalue weighted by atomic mass is 16.5. The standard InChI is InChI=1S/C13H18N2O4/c1-9(13(15)17)8-19-12(16)6-7-18-11-4-2-10(14)3-5-11/h2-5,9H,6-8,14H2,1H3,(H2,15,17). The summed E-state index contributed by atoms with van der Waals surface area (Å²) in [4.78, 5) is 22.1. The Morgan fingerprint density at radius 3 is 2.47 bits per heavy atom. The first-order valence-corrected chi connectivity index (χ1v) is 5.92. The molecule has 1 unspecified atom stereocenters. The number of rotatable bonds is 7. The van der Waals surface area contributed by atoms with Gasteiger partial charge in [-0.25, -0.2) is 0 Å². The normalized spacial score (nSPS) is 11.6. The number of benzene rings is 1. The number of nitrogens with two attached hydrogens (primary N) is 2. The number of anilines is 1. The monoisotopic (exact) mass is 266 g/mol. The minimum absolute atomic E-state index is 0.00393. The molecule has 1 rings (SSSR count). The Hall–Kier alpha value is -2.24. The maximum Gasteiger partial charge on any atom is 0.309 e. The zero-order valence-corrected chi connectivity index (χ0v) is 10.8. The molecule has 0 bridgehead atoms. The Balaban J connectivity index is 2.20. The van der Waals surface area contributed by atoms with E-state index in [4.69, 9.17) is 20.9 Å². The van der Waals surface area contributed by atoms with E-state index in [1.54, 1.807) is 31.2 Å². The predicted octanol–water partition coefficient (Wildman–Crippen LogP) is 0.702. The summed E-state index contributed by atoms with van der Waals surface area (Å²) in [5.74, 6) is -0.774. The summed E-state index contributed by atoms with van der Waals surface area (Å²) in [6.07, 6.45) is 0.107. The lowest BCUT2D eigenvalue weighted by Gasteiger charge is -2.09. The van der Waals surface area contributed by atoms with Gasteiger partial charge in [0, 0.05) is 5.69 Å². The first-order chi connectivity index (χ1) is 8.99. The third-order valence-electron chi connectivity index (χ3n) is 2.44. The fourth-order valence-corrected chi connectivity index (χ4v) is 1.19. The molecule has 19 heavy (non-hydrogen) atoms. The lowest BCUT2D eigenvalue weighted by molar-refractivity contribution is -0.146. The van der Waals surface area contributed by atoms with Crippen molar-refractivity contribution in [3.63, 3.8) is 0 Å². The number of carbonyl (C=O) groups is 2. The van der Waals surface area contributed by atoms with Gasteiger partial charge >= 0.3 is 5.97 Å². The highest BCUT2D eigenvalue weighted by Gasteiger charge is 2.11. The molecular formula is C13H18N2O4. The van der Waals surface area contributed by atoms with Crippen LogP contribution in [-0.4, -0.2) is 25.1 Å². The van der Waals surface area contributed by atoms with E-state index in [9.17, 15) is 9.59 Å². The second-order valence-electron chi connectivity index (χ2n) is 4.15. The smallest absolute Gasteiger partial charge is 0.309 e. The summed E-state index contributed by atoms with van der Waals surface area (Å²) >= 11 is 0. The molecule has 0 radical (unpaired) electrons. The second-order valence-corrected chi connectivity index (χ2v) is 4.15. The molecule has 0 saturated carbocycles. The van der Waals surface area contributed by atoms with Crippen molar-refractivity contribution in [2.45, 2.75) is 13.3 Å². The molecule has 1 aromatic carbocycles. The van der Waals surface area contributed by atoms with Gasteiger partial charge in [0.25, 0.3) is 0 Å². The van der Waals surface area contributed by atoms with Gasteiger partial charge in [-0.15, -0.1) is 0 Å². The zero-order chi connectivity index (χ0) is 14.3. The topological polar surface area (TPSA) is 105 Å². The van der Waals surface area contributed by atoms with Crippen LogP contribution in [0.3, 0.4) is 0 Å². The Morgan fingerprint density at radius 1 is 1.26 bits per heavy atom. The first kappa shape index (κ1) is 14.8. The Morgan fingerprint density at radius 2 is 1.89 bits per heavy atom. The van der Waals surface area contributed by atoms with E-state index in [0.29, 0.717) is 11.4 Å². The minimum Gasteiger partial charge on any atom is -0.493 e. The van der Waals surface area contributed by atoms with Crippen molar-refractivity contribution in [3.8, 4) is 5.75 Å². The summed E-state index contributed by atoms with van der Waals surface area (Å²) in [7, 11) is 0. The van der Waals surface area contributed by atoms with Crippen LogP contribution in [0.1, 0.15) is 13.3 Å². The lowest BCUT2D eigenvalue weighted by atomic mass is 10.2. The molecule has 1 aromatic rings. The Bertz CT molecular complexity index is 431. The number of hydrogen-bond donors (Lipinski definition) is 2. The lowest BCUT2D eigenvalue weighted by Crippen LogP contribution is -2.26. The molecule has 6 heteroatoms. The molecule has 6 nitrogen and oxygen atoms in total. The molecular weight excluding hydrogens is 248 g/mol. The molecule has 0 saturated heterocycles. The maximum absolute atomic E-state index is 11.3. The molecule has 1 atom stereocenters. The van der Waals surface area contributed by atoms with Crippen LogP contribution in [0.2, 0.25) is 0 Å². The fraction of sp³-hybridized carbons (Fsp3) is 0.385. The summed E-state index contributed by atoms with van der Waals surface area (Å²) < 4.78 is 10.2. The fourth-order valence-electron chi connectivity index (χ4n) is 1.19. The largest absolute Gasteiger partial charge is 0.493 e. The highest BCUT2D eigenvalue weighted by Crippen LogP contribution is 2.13. The molecule has 0 heterocycles. The van der Waals surface area contributed by atoms with Gasteiger partial charge in [0.1, 0.15) is 12.4 Å². The van der Waals surface area contributed by atoms with Crippen molar-refractivity contribution in [1.29, 1.82) is 0 Å². The van der Waals surface area contributed by atoms with E-state index in [2.05, 4.69) is 0 Å². The molecule has 0 spiro atoms. The molecule has 0 fully saturated rings. The molecule has 4 N–H and O–H groups in total. The van der Waals surface area contributed by atoms with Gasteiger partial charge in [0.2, 0.25) is 5.91 Å². The number of ether oxygens (including phenoxy) is 2. The van der Waals surface area contributed by atoms with Crippen LogP contribution in [-0.2, 0) is 14.3 Å². The minimum atomic E-state index is -0.495. The van der Waals surface area contributed by atoms with Gasteiger partial charge in [0.05, 0.1) is 18.9 Å². The maximum atomic E-state index is 11.3. The Labute approximate surface area is 111 Å². The average molecular weight is 266 g/mol. The molecule has 0 aliphatic carbocycles. The highest BCUT2D eigenvalue weighted by molar-refractivity contribution is 5.77. The van der Waals surface area contributed by atoms with Gasteiger partial charge in [-0.05, 0) is 24.3 Å². The quantitative estimate of drug-likeness (QED) is 0.558. The van der Waals surface area contributed by atoms with Crippen molar-refractivity contribution >= 4 is 17.6 Å². The number of carbonyl (C=O) groups excluding carboxylic acids is 2. The third kappa shape index (κ3) is 5.76. The van der Waals surface area contributed by atoms with Crippen molar-refractivity contribution in [2.75, 3.05) is 18.9 Å². The number of esters is 1. The van der Waals surface area contributed by atoms with Gasteiger partial charge in [-0.1, -0.05) is 6.92 Å². The first-order valence-electron chi connectivity index (χ1n) is 5.92. The van der Waals surface area contributed by atoms with Gasteiger partial charge in [0.15, 0.2) is 0 Å². The predicted molar refractivity (Wildman–Crippen MR) is 70.3 cm³/mol. The number of primary amides is 1. The third-order valence-corrected chi connectivity index (χ3v) is 2.44. The number of hydrogen-bond acceptors (Lipinski definition) is 5. The molecule has 0 aromatic heterocycles. The van der Waals surface area contributed by atoms with Crippen molar-refractivity contribution in [1.82, 2.24) is 0 Å². The van der Waals surface area contributed by atoms with Crippen LogP contribution in [0, 0.1) is 5.92 Å². The van der Waals surface area contributed by atoms with E-state index >= 15 is 0 Å². The SMILES string of the molecule is CC(COC(=O)CCOc1ccc(N)cc1)C(N)=O. The van der Waals surface area contributed by atoms with E-state index in [1.807, 2.05) is 0 Å². The van der Waals surface area contributed by atoms with Crippen LogP contribution < -0.4 is 16.2 Å². The summed E-state index contributed by atoms with van der Waals surface area (Å²) in [6, 6.07) is 6.86. The van der Waals surface area contributed by atoms with Crippen LogP contribution >= 0.6 is 0 Å². The van der Waals surface area contributed by atoms with E-state index in [0.717, 1.165) is 0 Å². The van der Waals surface area contributed by atoms with Gasteiger partial charge in [-0.3, -0.25) is 9.59 Å². The van der Waals surface area contributed by atoms with Crippen LogP contribution in [0.25, 0.3) is 0 Å². The van der Waals surface area contributed by atoms with Crippen LogP contribution in [0.4, 0.5) is 5.69 Å². The van der Waals surface area contributed by atoms with Crippen molar-refractivity contribution in [2.24, 2.45) is 11.7 Å². The van der Waals surface area contributed by atoms with Crippen molar-refractivity contribution < 1.29 is 19.1 Å². The van der Waals surface area contributed by atoms with E-state index in [1.165, 1.54) is 0 Å². The summed E-state index contributed by atoms with van der Waals surface area (Å²) in [5, 5.41) is 0. The molecule has 1 amide bonds. The van der Waals surface area contributed by atoms with Crippen LogP contribution in [0.5, 0.6) is 5.75 Å². The Kier molecular flexibility index (Phi) is 5.66. The van der Waals surface area contributed by atoms with Gasteiger partial charge < -0.3 is 20.9 Å². The average Bonchev–Trinajstić information content (AvgIpc) is 2.38. The van der Waals surface area contributed by atoms with Gasteiger partial charge in [-0.2, -0.15) is 0 Å². The van der Waals surface area contributed by atoms with E-state index < -0.39 is 17.8 Å². The number of nitrogen functional groups attached to an aromatic ring is 1. The molecule has 0 aliphatic rings. The second kappa shape index (κ2) is 7.25. The van der Waals surface area contributed by atoms with Crippen molar-refractivity contribution in [3.05, 3.63) is 24.3 Å².